The molecule has 0 saturated carbocycles. The average molecular weight is 190 g/mol. The van der Waals surface area contributed by atoms with Crippen molar-refractivity contribution in [2.24, 2.45) is 5.73 Å². The number of hydrogen-bond acceptors (Lipinski definition) is 1. The molecule has 1 aromatic rings. The predicted octanol–water partition coefficient (Wildman–Crippen LogP) is 2.25. The minimum atomic E-state index is 0.135. The molecule has 2 nitrogen and oxygen atoms in total. The predicted molar refractivity (Wildman–Crippen MR) is 60.1 cm³/mol. The Hall–Kier alpha value is -1.02. The van der Waals surface area contributed by atoms with Crippen LogP contribution in [0.15, 0.2) is 12.1 Å². The summed E-state index contributed by atoms with van der Waals surface area (Å²) in [5, 5.41) is 0. The van der Waals surface area contributed by atoms with Crippen LogP contribution in [0.2, 0.25) is 0 Å². The number of hydrogen-bond donors (Lipinski definition) is 2. The van der Waals surface area contributed by atoms with E-state index in [1.807, 2.05) is 13.0 Å². The highest BCUT2D eigenvalue weighted by atomic mass is 14.7. The summed E-state index contributed by atoms with van der Waals surface area (Å²) in [6.07, 6.45) is 9.21. The zero-order chi connectivity index (χ0) is 9.97. The topological polar surface area (TPSA) is 41.8 Å². The van der Waals surface area contributed by atoms with E-state index in [1.165, 1.54) is 42.6 Å². The van der Waals surface area contributed by atoms with Crippen LogP contribution in [-0.4, -0.2) is 11.0 Å². The molecule has 0 aromatic carbocycles. The summed E-state index contributed by atoms with van der Waals surface area (Å²) in [7, 11) is 0. The Balaban J connectivity index is 2.16. The highest BCUT2D eigenvalue weighted by molar-refractivity contribution is 5.49. The number of aromatic nitrogens is 1. The Morgan fingerprint density at radius 3 is 2.93 bits per heavy atom. The van der Waals surface area contributed by atoms with Crippen molar-refractivity contribution >= 4 is 6.08 Å². The van der Waals surface area contributed by atoms with E-state index >= 15 is 0 Å². The largest absolute Gasteiger partial charge is 0.359 e. The molecule has 0 aliphatic heterocycles. The maximum atomic E-state index is 5.66. The molecule has 0 amide bonds. The fourth-order valence-electron chi connectivity index (χ4n) is 1.97. The second-order valence-electron chi connectivity index (χ2n) is 4.15. The maximum Gasteiger partial charge on any atom is 0.0382 e. The number of aryl methyl sites for hydroxylation is 2. The van der Waals surface area contributed by atoms with Gasteiger partial charge in [0.1, 0.15) is 0 Å². The van der Waals surface area contributed by atoms with Gasteiger partial charge in [-0.2, -0.15) is 0 Å². The first-order valence-corrected chi connectivity index (χ1v) is 5.40. The Kier molecular flexibility index (Phi) is 2.73. The summed E-state index contributed by atoms with van der Waals surface area (Å²) in [6.45, 7) is 1.99. The van der Waals surface area contributed by atoms with Gasteiger partial charge in [0.2, 0.25) is 0 Å². The number of H-pyrrole nitrogens is 1. The van der Waals surface area contributed by atoms with E-state index in [-0.39, 0.29) is 6.04 Å². The number of nitrogens with one attached hydrogen (secondary N) is 1. The van der Waals surface area contributed by atoms with Gasteiger partial charge in [0.15, 0.2) is 0 Å². The van der Waals surface area contributed by atoms with Crippen molar-refractivity contribution in [2.75, 3.05) is 0 Å². The molecule has 0 saturated heterocycles. The lowest BCUT2D eigenvalue weighted by molar-refractivity contribution is 0.677. The molecule has 1 aromatic heterocycles. The molecule has 1 heterocycles. The molecule has 1 unspecified atom stereocenters. The van der Waals surface area contributed by atoms with E-state index in [1.54, 1.807) is 0 Å². The number of nitrogens with two attached hydrogens (primary N) is 1. The Morgan fingerprint density at radius 2 is 2.21 bits per heavy atom. The monoisotopic (exact) mass is 190 g/mol. The third-order valence-electron chi connectivity index (χ3n) is 2.71. The molecule has 3 N–H and O–H groups in total. The fraction of sp³-hybridized carbons (Fsp3) is 0.500. The maximum absolute atomic E-state index is 5.66. The molecule has 1 aliphatic rings. The van der Waals surface area contributed by atoms with E-state index in [2.05, 4.69) is 17.1 Å². The van der Waals surface area contributed by atoms with Gasteiger partial charge in [-0.3, -0.25) is 0 Å². The molecule has 2 heteroatoms. The van der Waals surface area contributed by atoms with Gasteiger partial charge in [0.05, 0.1) is 0 Å². The van der Waals surface area contributed by atoms with Crippen molar-refractivity contribution < 1.29 is 0 Å². The lowest BCUT2D eigenvalue weighted by Crippen LogP contribution is -2.09. The summed E-state index contributed by atoms with van der Waals surface area (Å²) in [6, 6.07) is 2.39. The molecule has 0 spiro atoms. The van der Waals surface area contributed by atoms with Crippen LogP contribution in [0.3, 0.4) is 0 Å². The number of rotatable bonds is 2. The van der Waals surface area contributed by atoms with Crippen molar-refractivity contribution in [1.29, 1.82) is 0 Å². The molecule has 0 radical (unpaired) electrons. The quantitative estimate of drug-likeness (QED) is 0.738. The standard InChI is InChI=1S/C12H18N2/c1-9(13)6-7-11-8-10-4-2-3-5-12(10)14-11/h6-9,14H,2-5,13H2,1H3/b7-6+. The minimum Gasteiger partial charge on any atom is -0.359 e. The van der Waals surface area contributed by atoms with Crippen molar-refractivity contribution in [3.8, 4) is 0 Å². The molecule has 1 aliphatic carbocycles. The van der Waals surface area contributed by atoms with Gasteiger partial charge in [0.25, 0.3) is 0 Å². The molecule has 76 valence electrons. The van der Waals surface area contributed by atoms with Crippen molar-refractivity contribution in [1.82, 2.24) is 4.98 Å². The van der Waals surface area contributed by atoms with Crippen LogP contribution in [0, 0.1) is 0 Å². The van der Waals surface area contributed by atoms with Crippen LogP contribution < -0.4 is 5.73 Å². The van der Waals surface area contributed by atoms with Crippen molar-refractivity contribution in [2.45, 2.75) is 38.6 Å². The van der Waals surface area contributed by atoms with Crippen LogP contribution in [0.4, 0.5) is 0 Å². The van der Waals surface area contributed by atoms with Crippen LogP contribution in [-0.2, 0) is 12.8 Å². The molecule has 0 bridgehead atoms. The second-order valence-corrected chi connectivity index (χ2v) is 4.15. The van der Waals surface area contributed by atoms with E-state index < -0.39 is 0 Å². The molecule has 0 fully saturated rings. The lowest BCUT2D eigenvalue weighted by Gasteiger charge is -2.08. The summed E-state index contributed by atoms with van der Waals surface area (Å²) in [5.74, 6) is 0. The molecule has 2 rings (SSSR count). The van der Waals surface area contributed by atoms with Gasteiger partial charge in [-0.25, -0.2) is 0 Å². The van der Waals surface area contributed by atoms with E-state index in [9.17, 15) is 0 Å². The summed E-state index contributed by atoms with van der Waals surface area (Å²) >= 11 is 0. The molecule has 1 atom stereocenters. The Labute approximate surface area is 85.2 Å². The number of aromatic amines is 1. The van der Waals surface area contributed by atoms with Gasteiger partial charge in [-0.15, -0.1) is 0 Å². The van der Waals surface area contributed by atoms with Crippen LogP contribution in [0.1, 0.15) is 36.7 Å². The molecular weight excluding hydrogens is 172 g/mol. The first-order valence-electron chi connectivity index (χ1n) is 5.40. The smallest absolute Gasteiger partial charge is 0.0382 e. The highest BCUT2D eigenvalue weighted by Crippen LogP contribution is 2.22. The van der Waals surface area contributed by atoms with E-state index in [0.29, 0.717) is 0 Å². The summed E-state index contributed by atoms with van der Waals surface area (Å²) in [4.78, 5) is 3.45. The third kappa shape index (κ3) is 2.07. The van der Waals surface area contributed by atoms with Gasteiger partial charge < -0.3 is 10.7 Å². The fourth-order valence-corrected chi connectivity index (χ4v) is 1.97. The van der Waals surface area contributed by atoms with Gasteiger partial charge in [0, 0.05) is 17.4 Å². The van der Waals surface area contributed by atoms with Crippen molar-refractivity contribution in [3.05, 3.63) is 29.1 Å². The zero-order valence-electron chi connectivity index (χ0n) is 8.72. The molecular formula is C12H18N2. The Morgan fingerprint density at radius 1 is 1.43 bits per heavy atom. The van der Waals surface area contributed by atoms with Crippen LogP contribution in [0.5, 0.6) is 0 Å². The third-order valence-corrected chi connectivity index (χ3v) is 2.71. The summed E-state index contributed by atoms with van der Waals surface area (Å²) < 4.78 is 0. The Bertz CT molecular complexity index is 311. The van der Waals surface area contributed by atoms with Crippen LogP contribution >= 0.6 is 0 Å². The highest BCUT2D eigenvalue weighted by Gasteiger charge is 2.10. The van der Waals surface area contributed by atoms with E-state index in [0.717, 1.165) is 0 Å². The second kappa shape index (κ2) is 4.01. The summed E-state index contributed by atoms with van der Waals surface area (Å²) in [5.41, 5.74) is 9.80. The van der Waals surface area contributed by atoms with Gasteiger partial charge in [-0.1, -0.05) is 6.08 Å². The van der Waals surface area contributed by atoms with Gasteiger partial charge in [-0.05, 0) is 50.3 Å². The van der Waals surface area contributed by atoms with Gasteiger partial charge >= 0.3 is 0 Å². The normalized spacial score (nSPS) is 18.4. The molecule has 14 heavy (non-hydrogen) atoms. The minimum absolute atomic E-state index is 0.135. The lowest BCUT2D eigenvalue weighted by atomic mass is 9.98. The van der Waals surface area contributed by atoms with Crippen molar-refractivity contribution in [3.63, 3.8) is 0 Å². The van der Waals surface area contributed by atoms with E-state index in [4.69, 9.17) is 5.73 Å². The SMILES string of the molecule is CC(N)/C=C/c1cc2c([nH]1)CCCC2. The average Bonchev–Trinajstić information content (AvgIpc) is 2.57. The first-order chi connectivity index (χ1) is 6.75. The van der Waals surface area contributed by atoms with Crippen LogP contribution in [0.25, 0.3) is 6.08 Å². The zero-order valence-corrected chi connectivity index (χ0v) is 8.72. The first kappa shape index (κ1) is 9.53. The number of fused-ring (bicyclic) bond motifs is 1.